The summed E-state index contributed by atoms with van der Waals surface area (Å²) in [7, 11) is 0. The van der Waals surface area contributed by atoms with Crippen LogP contribution in [0.25, 0.3) is 0 Å². The van der Waals surface area contributed by atoms with Crippen molar-refractivity contribution >= 4 is 17.3 Å². The highest BCUT2D eigenvalue weighted by atomic mass is 35.5. The molecule has 0 aromatic heterocycles. The van der Waals surface area contributed by atoms with Gasteiger partial charge in [-0.05, 0) is 18.2 Å². The third kappa shape index (κ3) is 3.33. The summed E-state index contributed by atoms with van der Waals surface area (Å²) < 4.78 is 37.0. The van der Waals surface area contributed by atoms with Crippen molar-refractivity contribution in [3.63, 3.8) is 0 Å². The Morgan fingerprint density at radius 3 is 2.53 bits per heavy atom. The summed E-state index contributed by atoms with van der Waals surface area (Å²) in [5, 5.41) is 10.7. The van der Waals surface area contributed by atoms with Crippen LogP contribution < -0.4 is 5.32 Å². The van der Waals surface area contributed by atoms with E-state index in [0.29, 0.717) is 0 Å². The fourth-order valence-corrected chi connectivity index (χ4v) is 1.23. The summed E-state index contributed by atoms with van der Waals surface area (Å²) in [5.74, 6) is 0. The van der Waals surface area contributed by atoms with E-state index in [0.717, 1.165) is 12.1 Å². The van der Waals surface area contributed by atoms with Crippen LogP contribution in [0, 0.1) is 11.3 Å². The molecular formula is C9H6ClF3N2. The first-order valence-corrected chi connectivity index (χ1v) is 4.30. The van der Waals surface area contributed by atoms with Crippen LogP contribution in [0.4, 0.5) is 18.9 Å². The minimum Gasteiger partial charge on any atom is -0.372 e. The molecule has 1 aromatic carbocycles. The lowest BCUT2D eigenvalue weighted by Crippen LogP contribution is -2.06. The molecule has 0 bridgehead atoms. The number of alkyl halides is 3. The van der Waals surface area contributed by atoms with Crippen LogP contribution in [0.3, 0.4) is 0 Å². The predicted molar refractivity (Wildman–Crippen MR) is 50.6 cm³/mol. The molecule has 1 N–H and O–H groups in total. The molecular weight excluding hydrogens is 229 g/mol. The van der Waals surface area contributed by atoms with Gasteiger partial charge in [0, 0.05) is 10.7 Å². The molecule has 6 heteroatoms. The molecule has 2 nitrogen and oxygen atoms in total. The third-order valence-electron chi connectivity index (χ3n) is 1.60. The van der Waals surface area contributed by atoms with E-state index in [1.807, 2.05) is 0 Å². The lowest BCUT2D eigenvalue weighted by Gasteiger charge is -2.09. The lowest BCUT2D eigenvalue weighted by molar-refractivity contribution is -0.137. The SMILES string of the molecule is N#CCNc1cc(Cl)cc(C(F)(F)F)c1. The monoisotopic (exact) mass is 234 g/mol. The van der Waals surface area contributed by atoms with Crippen molar-refractivity contribution in [2.24, 2.45) is 0 Å². The summed E-state index contributed by atoms with van der Waals surface area (Å²) in [6.07, 6.45) is -4.44. The van der Waals surface area contributed by atoms with Gasteiger partial charge in [0.25, 0.3) is 0 Å². The standard InChI is InChI=1S/C9H6ClF3N2/c10-7-3-6(9(11,12)13)4-8(5-7)15-2-1-14/h3-5,15H,2H2. The van der Waals surface area contributed by atoms with E-state index in [-0.39, 0.29) is 17.3 Å². The number of hydrogen-bond acceptors (Lipinski definition) is 2. The Hall–Kier alpha value is -1.41. The number of nitrogens with one attached hydrogen (secondary N) is 1. The quantitative estimate of drug-likeness (QED) is 0.797. The Bertz CT molecular complexity index is 395. The van der Waals surface area contributed by atoms with Gasteiger partial charge in [-0.1, -0.05) is 11.6 Å². The van der Waals surface area contributed by atoms with Gasteiger partial charge in [-0.2, -0.15) is 18.4 Å². The smallest absolute Gasteiger partial charge is 0.372 e. The second kappa shape index (κ2) is 4.41. The van der Waals surface area contributed by atoms with Gasteiger partial charge in [0.05, 0.1) is 11.6 Å². The van der Waals surface area contributed by atoms with E-state index in [1.165, 1.54) is 6.07 Å². The van der Waals surface area contributed by atoms with Crippen LogP contribution >= 0.6 is 11.6 Å². The molecule has 0 amide bonds. The molecule has 0 unspecified atom stereocenters. The summed E-state index contributed by atoms with van der Waals surface area (Å²) >= 11 is 5.51. The fraction of sp³-hybridized carbons (Fsp3) is 0.222. The van der Waals surface area contributed by atoms with Crippen molar-refractivity contribution in [1.82, 2.24) is 0 Å². The third-order valence-corrected chi connectivity index (χ3v) is 1.81. The van der Waals surface area contributed by atoms with Crippen molar-refractivity contribution in [1.29, 1.82) is 5.26 Å². The largest absolute Gasteiger partial charge is 0.416 e. The van der Waals surface area contributed by atoms with Gasteiger partial charge in [-0.15, -0.1) is 0 Å². The van der Waals surface area contributed by atoms with Gasteiger partial charge in [0.2, 0.25) is 0 Å². The van der Waals surface area contributed by atoms with Crippen LogP contribution in [0.1, 0.15) is 5.56 Å². The van der Waals surface area contributed by atoms with Crippen LogP contribution in [-0.4, -0.2) is 6.54 Å². The average molecular weight is 235 g/mol. The maximum Gasteiger partial charge on any atom is 0.416 e. The molecule has 0 fully saturated rings. The summed E-state index contributed by atoms with van der Waals surface area (Å²) in [5.41, 5.74) is -0.660. The van der Waals surface area contributed by atoms with E-state index in [9.17, 15) is 13.2 Å². The fourth-order valence-electron chi connectivity index (χ4n) is 0.997. The minimum absolute atomic E-state index is 0.0229. The maximum absolute atomic E-state index is 12.3. The zero-order valence-electron chi connectivity index (χ0n) is 7.40. The lowest BCUT2D eigenvalue weighted by atomic mass is 10.2. The van der Waals surface area contributed by atoms with E-state index in [2.05, 4.69) is 5.32 Å². The highest BCUT2D eigenvalue weighted by Crippen LogP contribution is 2.33. The molecule has 0 saturated carbocycles. The number of hydrogen-bond donors (Lipinski definition) is 1. The molecule has 0 saturated heterocycles. The van der Waals surface area contributed by atoms with Crippen LogP contribution in [-0.2, 0) is 6.18 Å². The molecule has 0 aliphatic rings. The van der Waals surface area contributed by atoms with Gasteiger partial charge in [-0.25, -0.2) is 0 Å². The molecule has 0 spiro atoms. The van der Waals surface area contributed by atoms with E-state index >= 15 is 0 Å². The highest BCUT2D eigenvalue weighted by molar-refractivity contribution is 6.30. The van der Waals surface area contributed by atoms with Crippen molar-refractivity contribution < 1.29 is 13.2 Å². The normalized spacial score (nSPS) is 10.9. The first-order chi connectivity index (χ1) is 6.93. The minimum atomic E-state index is -4.44. The second-order valence-corrected chi connectivity index (χ2v) is 3.17. The Morgan fingerprint density at radius 2 is 2.00 bits per heavy atom. The molecule has 0 aliphatic heterocycles. The van der Waals surface area contributed by atoms with Crippen molar-refractivity contribution in [2.45, 2.75) is 6.18 Å². The Labute approximate surface area is 89.3 Å². The van der Waals surface area contributed by atoms with Gasteiger partial charge in [0.1, 0.15) is 6.54 Å². The Kier molecular flexibility index (Phi) is 3.43. The van der Waals surface area contributed by atoms with Crippen molar-refractivity contribution in [3.05, 3.63) is 28.8 Å². The van der Waals surface area contributed by atoms with Gasteiger partial charge in [-0.3, -0.25) is 0 Å². The summed E-state index contributed by atoms with van der Waals surface area (Å²) in [4.78, 5) is 0. The molecule has 0 aliphatic carbocycles. The first-order valence-electron chi connectivity index (χ1n) is 3.92. The zero-order valence-corrected chi connectivity index (χ0v) is 8.15. The number of anilines is 1. The predicted octanol–water partition coefficient (Wildman–Crippen LogP) is 3.29. The number of nitrogens with zero attached hydrogens (tertiary/aromatic N) is 1. The van der Waals surface area contributed by atoms with Crippen LogP contribution in [0.2, 0.25) is 5.02 Å². The van der Waals surface area contributed by atoms with Crippen molar-refractivity contribution in [3.8, 4) is 6.07 Å². The molecule has 0 radical (unpaired) electrons. The van der Waals surface area contributed by atoms with Gasteiger partial charge in [0.15, 0.2) is 0 Å². The average Bonchev–Trinajstić information content (AvgIpc) is 2.12. The molecule has 0 heterocycles. The van der Waals surface area contributed by atoms with Crippen LogP contribution in [0.5, 0.6) is 0 Å². The molecule has 80 valence electrons. The maximum atomic E-state index is 12.3. The van der Waals surface area contributed by atoms with Gasteiger partial charge >= 0.3 is 6.18 Å². The van der Waals surface area contributed by atoms with E-state index < -0.39 is 11.7 Å². The molecule has 15 heavy (non-hydrogen) atoms. The van der Waals surface area contributed by atoms with Crippen molar-refractivity contribution in [2.75, 3.05) is 11.9 Å². The summed E-state index contributed by atoms with van der Waals surface area (Å²) in [6, 6.07) is 4.82. The Balaban J connectivity index is 3.01. The second-order valence-electron chi connectivity index (χ2n) is 2.74. The van der Waals surface area contributed by atoms with E-state index in [1.54, 1.807) is 6.07 Å². The molecule has 1 rings (SSSR count). The first kappa shape index (κ1) is 11.7. The van der Waals surface area contributed by atoms with Crippen LogP contribution in [0.15, 0.2) is 18.2 Å². The zero-order chi connectivity index (χ0) is 11.5. The van der Waals surface area contributed by atoms with E-state index in [4.69, 9.17) is 16.9 Å². The summed E-state index contributed by atoms with van der Waals surface area (Å²) in [6.45, 7) is -0.0718. The highest BCUT2D eigenvalue weighted by Gasteiger charge is 2.31. The topological polar surface area (TPSA) is 35.8 Å². The number of nitriles is 1. The van der Waals surface area contributed by atoms with Gasteiger partial charge < -0.3 is 5.32 Å². The molecule has 1 aromatic rings. The molecule has 0 atom stereocenters. The Morgan fingerprint density at radius 1 is 1.33 bits per heavy atom. The number of benzene rings is 1. The number of halogens is 4. The number of rotatable bonds is 2.